The van der Waals surface area contributed by atoms with E-state index in [4.69, 9.17) is 4.42 Å². The summed E-state index contributed by atoms with van der Waals surface area (Å²) in [4.78, 5) is 51.2. The molecule has 2 aromatic carbocycles. The Morgan fingerprint density at radius 3 is 2.77 bits per heavy atom. The van der Waals surface area contributed by atoms with E-state index in [0.29, 0.717) is 47.4 Å². The van der Waals surface area contributed by atoms with Crippen LogP contribution in [-0.4, -0.2) is 31.2 Å². The molecule has 4 heterocycles. The number of ketones is 1. The highest BCUT2D eigenvalue weighted by molar-refractivity contribution is 6.09. The van der Waals surface area contributed by atoms with Gasteiger partial charge in [0, 0.05) is 36.5 Å². The van der Waals surface area contributed by atoms with Crippen LogP contribution in [0.4, 0.5) is 5.82 Å². The molecular weight excluding hydrogens is 494 g/mol. The van der Waals surface area contributed by atoms with Crippen LogP contribution >= 0.6 is 0 Å². The molecule has 1 amide bonds. The molecule has 1 aliphatic heterocycles. The number of anilines is 1. The van der Waals surface area contributed by atoms with Crippen LogP contribution in [0.1, 0.15) is 49.6 Å². The van der Waals surface area contributed by atoms with Crippen molar-refractivity contribution in [1.29, 1.82) is 0 Å². The first-order valence-corrected chi connectivity index (χ1v) is 12.7. The van der Waals surface area contributed by atoms with E-state index in [1.165, 1.54) is 10.9 Å². The van der Waals surface area contributed by atoms with Crippen molar-refractivity contribution in [3.05, 3.63) is 116 Å². The SMILES string of the molecule is Cc1cc(C(=O)c2cc(Cc3ccc4c(c3)CC3(C4)C(=O)Nc4ncccc43)ncn2)cc2oc(=O)n(C)c12. The maximum absolute atomic E-state index is 13.3. The van der Waals surface area contributed by atoms with Crippen molar-refractivity contribution in [1.82, 2.24) is 19.5 Å². The van der Waals surface area contributed by atoms with Gasteiger partial charge in [-0.25, -0.2) is 19.7 Å². The highest BCUT2D eigenvalue weighted by atomic mass is 16.4. The Morgan fingerprint density at radius 2 is 1.90 bits per heavy atom. The first-order chi connectivity index (χ1) is 18.8. The molecule has 7 rings (SSSR count). The van der Waals surface area contributed by atoms with Crippen molar-refractivity contribution >= 4 is 28.6 Å². The third-order valence-corrected chi connectivity index (χ3v) is 7.92. The third kappa shape index (κ3) is 3.53. The zero-order valence-electron chi connectivity index (χ0n) is 21.3. The zero-order valence-corrected chi connectivity index (χ0v) is 21.3. The molecule has 39 heavy (non-hydrogen) atoms. The van der Waals surface area contributed by atoms with Gasteiger partial charge in [-0.1, -0.05) is 24.3 Å². The summed E-state index contributed by atoms with van der Waals surface area (Å²) in [5.74, 6) is -0.101. The Morgan fingerprint density at radius 1 is 1.05 bits per heavy atom. The van der Waals surface area contributed by atoms with Crippen LogP contribution in [0.15, 0.2) is 70.3 Å². The van der Waals surface area contributed by atoms with Crippen molar-refractivity contribution < 1.29 is 14.0 Å². The van der Waals surface area contributed by atoms with Crippen molar-refractivity contribution in [2.24, 2.45) is 7.05 Å². The minimum atomic E-state index is -0.615. The molecule has 1 atom stereocenters. The second kappa shape index (κ2) is 8.29. The Bertz CT molecular complexity index is 1920. The van der Waals surface area contributed by atoms with Gasteiger partial charge in [0.2, 0.25) is 11.7 Å². The average Bonchev–Trinajstić information content (AvgIpc) is 3.54. The third-order valence-electron chi connectivity index (χ3n) is 7.92. The number of nitrogens with zero attached hydrogens (tertiary/aromatic N) is 4. The van der Waals surface area contributed by atoms with E-state index in [-0.39, 0.29) is 17.4 Å². The molecule has 1 spiro atoms. The first-order valence-electron chi connectivity index (χ1n) is 12.7. The summed E-state index contributed by atoms with van der Waals surface area (Å²) < 4.78 is 6.73. The van der Waals surface area contributed by atoms with Gasteiger partial charge in [-0.3, -0.25) is 14.2 Å². The number of hydrogen-bond acceptors (Lipinski definition) is 7. The number of aromatic nitrogens is 4. The van der Waals surface area contributed by atoms with Gasteiger partial charge < -0.3 is 9.73 Å². The van der Waals surface area contributed by atoms with Gasteiger partial charge in [0.15, 0.2) is 5.58 Å². The summed E-state index contributed by atoms with van der Waals surface area (Å²) in [5.41, 5.74) is 6.83. The van der Waals surface area contributed by atoms with Crippen LogP contribution in [0.5, 0.6) is 0 Å². The van der Waals surface area contributed by atoms with Crippen LogP contribution in [0.25, 0.3) is 11.1 Å². The van der Waals surface area contributed by atoms with E-state index >= 15 is 0 Å². The maximum atomic E-state index is 13.3. The second-order valence-electron chi connectivity index (χ2n) is 10.4. The number of aryl methyl sites for hydroxylation is 2. The van der Waals surface area contributed by atoms with Crippen molar-refractivity contribution in [2.45, 2.75) is 31.6 Å². The van der Waals surface area contributed by atoms with E-state index in [1.807, 2.05) is 25.1 Å². The molecule has 1 unspecified atom stereocenters. The van der Waals surface area contributed by atoms with Crippen LogP contribution in [-0.2, 0) is 36.5 Å². The fraction of sp³-hybridized carbons (Fsp3) is 0.200. The van der Waals surface area contributed by atoms with Crippen molar-refractivity contribution in [3.63, 3.8) is 0 Å². The Balaban J connectivity index is 1.15. The molecule has 192 valence electrons. The lowest BCUT2D eigenvalue weighted by Gasteiger charge is -2.20. The topological polar surface area (TPSA) is 120 Å². The Hall–Kier alpha value is -4.92. The molecule has 1 aliphatic carbocycles. The van der Waals surface area contributed by atoms with Crippen LogP contribution in [0.2, 0.25) is 0 Å². The van der Waals surface area contributed by atoms with Crippen molar-refractivity contribution in [3.8, 4) is 0 Å². The standard InChI is InChI=1S/C30H23N5O4/c1-16-8-19(11-24-25(16)35(2)29(38)39-24)26(36)23-12-21(32-15-33-23)10-17-5-6-18-13-30(14-20(18)9-17)22-4-3-7-31-27(22)34-28(30)37/h3-9,11-12,15H,10,13-14H2,1-2H3,(H,31,34,37). The minimum absolute atomic E-state index is 0.00360. The van der Waals surface area contributed by atoms with Gasteiger partial charge in [-0.15, -0.1) is 0 Å². The summed E-state index contributed by atoms with van der Waals surface area (Å²) >= 11 is 0. The number of hydrogen-bond donors (Lipinski definition) is 1. The first kappa shape index (κ1) is 23.2. The molecule has 0 radical (unpaired) electrons. The number of pyridine rings is 1. The quantitative estimate of drug-likeness (QED) is 0.363. The van der Waals surface area contributed by atoms with Gasteiger partial charge >= 0.3 is 5.76 Å². The highest BCUT2D eigenvalue weighted by Crippen LogP contribution is 2.46. The van der Waals surface area contributed by atoms with E-state index < -0.39 is 11.2 Å². The number of nitrogens with one attached hydrogen (secondary N) is 1. The molecule has 2 aliphatic rings. The summed E-state index contributed by atoms with van der Waals surface area (Å²) in [6.45, 7) is 1.84. The lowest BCUT2D eigenvalue weighted by atomic mass is 9.79. The molecule has 0 fully saturated rings. The second-order valence-corrected chi connectivity index (χ2v) is 10.4. The molecule has 0 saturated carbocycles. The van der Waals surface area contributed by atoms with Gasteiger partial charge in [0.25, 0.3) is 0 Å². The fourth-order valence-electron chi connectivity index (χ4n) is 6.05. The smallest absolute Gasteiger partial charge is 0.408 e. The molecule has 0 saturated heterocycles. The summed E-state index contributed by atoms with van der Waals surface area (Å²) in [7, 11) is 1.64. The van der Waals surface area contributed by atoms with Crippen LogP contribution in [0, 0.1) is 6.92 Å². The minimum Gasteiger partial charge on any atom is -0.408 e. The molecule has 5 aromatic rings. The Labute approximate surface area is 222 Å². The average molecular weight is 518 g/mol. The molecule has 3 aromatic heterocycles. The predicted octanol–water partition coefficient (Wildman–Crippen LogP) is 3.44. The molecule has 9 nitrogen and oxygen atoms in total. The van der Waals surface area contributed by atoms with E-state index in [0.717, 1.165) is 27.8 Å². The zero-order chi connectivity index (χ0) is 26.9. The summed E-state index contributed by atoms with van der Waals surface area (Å²) in [5, 5.41) is 2.95. The van der Waals surface area contributed by atoms with Gasteiger partial charge in [-0.2, -0.15) is 0 Å². The van der Waals surface area contributed by atoms with Crippen LogP contribution < -0.4 is 11.1 Å². The van der Waals surface area contributed by atoms with Gasteiger partial charge in [0.05, 0.1) is 10.9 Å². The largest absolute Gasteiger partial charge is 0.419 e. The normalized spacial score (nSPS) is 17.4. The number of carbonyl (C=O) groups excluding carboxylic acids is 2. The maximum Gasteiger partial charge on any atom is 0.419 e. The molecular formula is C30H23N5O4. The monoisotopic (exact) mass is 517 g/mol. The predicted molar refractivity (Wildman–Crippen MR) is 143 cm³/mol. The molecule has 1 N–H and O–H groups in total. The number of fused-ring (bicyclic) bond motifs is 4. The molecule has 0 bridgehead atoms. The lowest BCUT2D eigenvalue weighted by Crippen LogP contribution is -2.35. The fourth-order valence-corrected chi connectivity index (χ4v) is 6.05. The van der Waals surface area contributed by atoms with Gasteiger partial charge in [0.1, 0.15) is 17.8 Å². The number of benzene rings is 2. The summed E-state index contributed by atoms with van der Waals surface area (Å²) in [6.07, 6.45) is 4.86. The number of amides is 1. The van der Waals surface area contributed by atoms with E-state index in [2.05, 4.69) is 32.4 Å². The van der Waals surface area contributed by atoms with E-state index in [9.17, 15) is 14.4 Å². The summed E-state index contributed by atoms with van der Waals surface area (Å²) in [6, 6.07) is 15.1. The van der Waals surface area contributed by atoms with Crippen molar-refractivity contribution in [2.75, 3.05) is 5.32 Å². The number of carbonyl (C=O) groups is 2. The number of rotatable bonds is 4. The lowest BCUT2D eigenvalue weighted by molar-refractivity contribution is -0.120. The van der Waals surface area contributed by atoms with E-state index in [1.54, 1.807) is 31.4 Å². The van der Waals surface area contributed by atoms with Crippen LogP contribution in [0.3, 0.4) is 0 Å². The number of oxazole rings is 1. The molecule has 9 heteroatoms. The van der Waals surface area contributed by atoms with Gasteiger partial charge in [-0.05, 0) is 66.3 Å². The Kier molecular flexibility index (Phi) is 4.94. The highest BCUT2D eigenvalue weighted by Gasteiger charge is 2.51.